The van der Waals surface area contributed by atoms with Crippen molar-refractivity contribution in [2.24, 2.45) is 0 Å². The maximum Gasteiger partial charge on any atom is 0.450 e. The molecule has 0 bridgehead atoms. The monoisotopic (exact) mass is 352 g/mol. The fourth-order valence-corrected chi connectivity index (χ4v) is 2.50. The summed E-state index contributed by atoms with van der Waals surface area (Å²) in [7, 11) is 1.39. The highest BCUT2D eigenvalue weighted by Crippen LogP contribution is 2.39. The van der Waals surface area contributed by atoms with Gasteiger partial charge >= 0.3 is 6.18 Å². The molecular weight excluding hydrogens is 341 g/mol. The first-order chi connectivity index (χ1) is 11.7. The zero-order chi connectivity index (χ0) is 18.4. The molecule has 1 aromatic heterocycles. The van der Waals surface area contributed by atoms with Crippen LogP contribution < -0.4 is 10.2 Å². The topological polar surface area (TPSA) is 79.9 Å². The summed E-state index contributed by atoms with van der Waals surface area (Å²) >= 11 is 0. The van der Waals surface area contributed by atoms with Gasteiger partial charge < -0.3 is 19.4 Å². The van der Waals surface area contributed by atoms with Gasteiger partial charge in [-0.2, -0.15) is 13.2 Å². The van der Waals surface area contributed by atoms with Crippen LogP contribution in [0.1, 0.15) is 5.76 Å². The van der Waals surface area contributed by atoms with E-state index in [1.165, 1.54) is 31.4 Å². The molecule has 0 aliphatic rings. The molecule has 0 atom stereocenters. The summed E-state index contributed by atoms with van der Waals surface area (Å²) in [5.41, 5.74) is -2.40. The molecule has 0 amide bonds. The molecule has 0 saturated heterocycles. The van der Waals surface area contributed by atoms with Crippen molar-refractivity contribution in [2.45, 2.75) is 6.18 Å². The first kappa shape index (κ1) is 16.7. The lowest BCUT2D eigenvalue weighted by Gasteiger charge is -2.13. The van der Waals surface area contributed by atoms with Crippen molar-refractivity contribution in [1.29, 1.82) is 0 Å². The smallest absolute Gasteiger partial charge is 0.450 e. The van der Waals surface area contributed by atoms with Crippen molar-refractivity contribution in [3.8, 4) is 28.4 Å². The molecule has 5 nitrogen and oxygen atoms in total. The van der Waals surface area contributed by atoms with E-state index in [0.29, 0.717) is 5.75 Å². The van der Waals surface area contributed by atoms with E-state index in [1.807, 2.05) is 0 Å². The van der Waals surface area contributed by atoms with E-state index in [0.717, 1.165) is 12.1 Å². The summed E-state index contributed by atoms with van der Waals surface area (Å²) in [6, 6.07) is 7.05. The van der Waals surface area contributed by atoms with E-state index in [9.17, 15) is 28.2 Å². The quantitative estimate of drug-likeness (QED) is 0.731. The van der Waals surface area contributed by atoms with Crippen LogP contribution in [0.3, 0.4) is 0 Å². The third kappa shape index (κ3) is 2.86. The minimum absolute atomic E-state index is 0.0451. The van der Waals surface area contributed by atoms with Gasteiger partial charge in [-0.3, -0.25) is 4.79 Å². The summed E-state index contributed by atoms with van der Waals surface area (Å²) in [5, 5.41) is 18.8. The Hall–Kier alpha value is -3.16. The lowest BCUT2D eigenvalue weighted by atomic mass is 10.0. The number of rotatable bonds is 2. The molecule has 3 rings (SSSR count). The third-order valence-corrected chi connectivity index (χ3v) is 3.60. The Morgan fingerprint density at radius 1 is 1.08 bits per heavy atom. The molecule has 2 aromatic carbocycles. The van der Waals surface area contributed by atoms with Crippen molar-refractivity contribution < 1.29 is 32.5 Å². The van der Waals surface area contributed by atoms with Crippen LogP contribution in [0.2, 0.25) is 0 Å². The Morgan fingerprint density at radius 2 is 1.72 bits per heavy atom. The zero-order valence-electron chi connectivity index (χ0n) is 12.7. The highest BCUT2D eigenvalue weighted by atomic mass is 19.4. The zero-order valence-corrected chi connectivity index (χ0v) is 12.7. The van der Waals surface area contributed by atoms with E-state index in [4.69, 9.17) is 9.15 Å². The predicted molar refractivity (Wildman–Crippen MR) is 82.8 cm³/mol. The molecule has 0 aliphatic carbocycles. The normalized spacial score (nSPS) is 11.7. The van der Waals surface area contributed by atoms with Gasteiger partial charge in [0.1, 0.15) is 28.2 Å². The number of phenolic OH excluding ortho intramolecular Hbond substituents is 2. The maximum absolute atomic E-state index is 13.4. The summed E-state index contributed by atoms with van der Waals surface area (Å²) in [5.74, 6) is -2.32. The van der Waals surface area contributed by atoms with E-state index in [-0.39, 0.29) is 5.56 Å². The number of benzene rings is 2. The van der Waals surface area contributed by atoms with Crippen molar-refractivity contribution in [3.63, 3.8) is 0 Å². The Balaban J connectivity index is 2.43. The number of phenols is 2. The van der Waals surface area contributed by atoms with Crippen LogP contribution in [0.4, 0.5) is 13.2 Å². The Labute approximate surface area is 138 Å². The second-order valence-corrected chi connectivity index (χ2v) is 5.20. The van der Waals surface area contributed by atoms with Crippen molar-refractivity contribution in [3.05, 3.63) is 52.4 Å². The SMILES string of the molecule is COc1ccc(-c2c(C(F)(F)F)oc3cc(O)cc(O)c3c2=O)cc1. The van der Waals surface area contributed by atoms with Gasteiger partial charge in [-0.15, -0.1) is 0 Å². The van der Waals surface area contributed by atoms with E-state index < -0.39 is 45.4 Å². The molecule has 2 N–H and O–H groups in total. The Kier molecular flexibility index (Phi) is 3.82. The standard InChI is InChI=1S/C17H11F3O5/c1-24-10-4-2-8(3-5-10)13-15(23)14-11(22)6-9(21)7-12(14)25-16(13)17(18,19)20/h2-7,21-22H,1H3. The minimum Gasteiger partial charge on any atom is -0.508 e. The summed E-state index contributed by atoms with van der Waals surface area (Å²) < 4.78 is 50.0. The molecule has 0 unspecified atom stereocenters. The molecular formula is C17H11F3O5. The summed E-state index contributed by atoms with van der Waals surface area (Å²) in [6.45, 7) is 0. The van der Waals surface area contributed by atoms with Gasteiger partial charge in [-0.1, -0.05) is 12.1 Å². The van der Waals surface area contributed by atoms with Crippen molar-refractivity contribution in [1.82, 2.24) is 0 Å². The molecule has 0 spiro atoms. The van der Waals surface area contributed by atoms with Crippen molar-refractivity contribution >= 4 is 11.0 Å². The van der Waals surface area contributed by atoms with Gasteiger partial charge in [0, 0.05) is 12.1 Å². The highest BCUT2D eigenvalue weighted by Gasteiger charge is 2.39. The highest BCUT2D eigenvalue weighted by molar-refractivity contribution is 5.89. The van der Waals surface area contributed by atoms with Crippen molar-refractivity contribution in [2.75, 3.05) is 7.11 Å². The van der Waals surface area contributed by atoms with Crippen LogP contribution in [0.25, 0.3) is 22.1 Å². The van der Waals surface area contributed by atoms with E-state index in [2.05, 4.69) is 0 Å². The van der Waals surface area contributed by atoms with Gasteiger partial charge in [0.25, 0.3) is 0 Å². The van der Waals surface area contributed by atoms with Crippen LogP contribution in [0.5, 0.6) is 17.2 Å². The first-order valence-corrected chi connectivity index (χ1v) is 6.96. The van der Waals surface area contributed by atoms with Gasteiger partial charge in [-0.05, 0) is 17.7 Å². The number of fused-ring (bicyclic) bond motifs is 1. The average molecular weight is 352 g/mol. The lowest BCUT2D eigenvalue weighted by Crippen LogP contribution is -2.16. The number of hydrogen-bond acceptors (Lipinski definition) is 5. The molecule has 0 aliphatic heterocycles. The number of ether oxygens (including phenoxy) is 1. The maximum atomic E-state index is 13.4. The van der Waals surface area contributed by atoms with Gasteiger partial charge in [0.15, 0.2) is 0 Å². The van der Waals surface area contributed by atoms with Gasteiger partial charge in [0.05, 0.1) is 12.7 Å². The number of halogens is 3. The molecule has 25 heavy (non-hydrogen) atoms. The fraction of sp³-hybridized carbons (Fsp3) is 0.118. The number of aromatic hydroxyl groups is 2. The largest absolute Gasteiger partial charge is 0.508 e. The third-order valence-electron chi connectivity index (χ3n) is 3.60. The molecule has 0 radical (unpaired) electrons. The van der Waals surface area contributed by atoms with Crippen LogP contribution in [-0.2, 0) is 6.18 Å². The fourth-order valence-electron chi connectivity index (χ4n) is 2.50. The van der Waals surface area contributed by atoms with Gasteiger partial charge in [0.2, 0.25) is 11.2 Å². The van der Waals surface area contributed by atoms with E-state index >= 15 is 0 Å². The summed E-state index contributed by atoms with van der Waals surface area (Å²) in [6.07, 6.45) is -4.95. The second kappa shape index (κ2) is 5.73. The predicted octanol–water partition coefficient (Wildman–Crippen LogP) is 3.90. The van der Waals surface area contributed by atoms with Crippen LogP contribution in [-0.4, -0.2) is 17.3 Å². The van der Waals surface area contributed by atoms with E-state index in [1.54, 1.807) is 0 Å². The summed E-state index contributed by atoms with van der Waals surface area (Å²) in [4.78, 5) is 12.7. The van der Waals surface area contributed by atoms with Crippen LogP contribution in [0, 0.1) is 0 Å². The molecule has 130 valence electrons. The Morgan fingerprint density at radius 3 is 2.28 bits per heavy atom. The number of hydrogen-bond donors (Lipinski definition) is 2. The average Bonchev–Trinajstić information content (AvgIpc) is 2.53. The molecule has 0 saturated carbocycles. The minimum atomic E-state index is -4.95. The van der Waals surface area contributed by atoms with Crippen LogP contribution in [0.15, 0.2) is 45.6 Å². The molecule has 0 fully saturated rings. The molecule has 1 heterocycles. The van der Waals surface area contributed by atoms with Gasteiger partial charge in [-0.25, -0.2) is 0 Å². The lowest BCUT2D eigenvalue weighted by molar-refractivity contribution is -0.152. The molecule has 8 heteroatoms. The first-order valence-electron chi connectivity index (χ1n) is 6.96. The molecule has 3 aromatic rings. The number of alkyl halides is 3. The van der Waals surface area contributed by atoms with Crippen LogP contribution >= 0.6 is 0 Å². The second-order valence-electron chi connectivity index (χ2n) is 5.20. The Bertz CT molecular complexity index is 1000. The number of methoxy groups -OCH3 is 1.